The lowest BCUT2D eigenvalue weighted by molar-refractivity contribution is 0.413. The van der Waals surface area contributed by atoms with E-state index in [0.717, 1.165) is 33.7 Å². The predicted octanol–water partition coefficient (Wildman–Crippen LogP) is 3.74. The second-order valence-electron chi connectivity index (χ2n) is 6.38. The first-order chi connectivity index (χ1) is 9.88. The molecule has 4 heteroatoms. The average Bonchev–Trinajstić information content (AvgIpc) is 2.80. The number of anilines is 1. The quantitative estimate of drug-likeness (QED) is 0.691. The molecule has 0 aliphatic heterocycles. The molecule has 2 aromatic heterocycles. The van der Waals surface area contributed by atoms with Crippen molar-refractivity contribution < 1.29 is 0 Å². The van der Waals surface area contributed by atoms with E-state index in [-0.39, 0.29) is 5.54 Å². The molecular formula is C17H20N4. The third-order valence-corrected chi connectivity index (χ3v) is 3.63. The van der Waals surface area contributed by atoms with Gasteiger partial charge in [0.1, 0.15) is 11.3 Å². The van der Waals surface area contributed by atoms with Crippen LogP contribution in [0.1, 0.15) is 26.3 Å². The molecule has 3 rings (SSSR count). The smallest absolute Gasteiger partial charge is 0.142 e. The molecule has 1 aromatic carbocycles. The molecule has 0 spiro atoms. The number of hydrogen-bond donors (Lipinski definition) is 1. The number of aryl methyl sites for hydroxylation is 1. The first kappa shape index (κ1) is 13.6. The van der Waals surface area contributed by atoms with Gasteiger partial charge in [0.05, 0.1) is 11.7 Å². The fraction of sp³-hybridized carbons (Fsp3) is 0.294. The van der Waals surface area contributed by atoms with Gasteiger partial charge in [-0.05, 0) is 51.5 Å². The third-order valence-electron chi connectivity index (χ3n) is 3.63. The molecule has 0 aliphatic rings. The SMILES string of the molecule is Cc1ccc(N)cc1-c1nc2cnccc2n1C(C)(C)C. The Balaban J connectivity index is 2.39. The van der Waals surface area contributed by atoms with Crippen LogP contribution in [-0.4, -0.2) is 14.5 Å². The molecule has 0 bridgehead atoms. The summed E-state index contributed by atoms with van der Waals surface area (Å²) < 4.78 is 2.26. The maximum Gasteiger partial charge on any atom is 0.142 e. The molecule has 0 fully saturated rings. The maximum absolute atomic E-state index is 5.97. The van der Waals surface area contributed by atoms with Crippen molar-refractivity contribution in [3.63, 3.8) is 0 Å². The molecule has 2 heterocycles. The van der Waals surface area contributed by atoms with Crippen LogP contribution < -0.4 is 5.73 Å². The lowest BCUT2D eigenvalue weighted by atomic mass is 10.0. The number of pyridine rings is 1. The number of benzene rings is 1. The monoisotopic (exact) mass is 280 g/mol. The van der Waals surface area contributed by atoms with Crippen LogP contribution in [0.2, 0.25) is 0 Å². The Morgan fingerprint density at radius 3 is 2.62 bits per heavy atom. The van der Waals surface area contributed by atoms with Gasteiger partial charge in [0, 0.05) is 23.0 Å². The van der Waals surface area contributed by atoms with Crippen LogP contribution in [-0.2, 0) is 5.54 Å². The molecule has 4 nitrogen and oxygen atoms in total. The van der Waals surface area contributed by atoms with E-state index in [2.05, 4.69) is 37.2 Å². The largest absolute Gasteiger partial charge is 0.399 e. The first-order valence-electron chi connectivity index (χ1n) is 7.07. The summed E-state index contributed by atoms with van der Waals surface area (Å²) in [5.41, 5.74) is 10.9. The van der Waals surface area contributed by atoms with Crippen LogP contribution in [0.15, 0.2) is 36.7 Å². The highest BCUT2D eigenvalue weighted by atomic mass is 15.1. The summed E-state index contributed by atoms with van der Waals surface area (Å²) >= 11 is 0. The summed E-state index contributed by atoms with van der Waals surface area (Å²) in [7, 11) is 0. The van der Waals surface area contributed by atoms with E-state index < -0.39 is 0 Å². The topological polar surface area (TPSA) is 56.7 Å². The normalized spacial score (nSPS) is 12.0. The molecule has 2 N–H and O–H groups in total. The van der Waals surface area contributed by atoms with Crippen LogP contribution >= 0.6 is 0 Å². The van der Waals surface area contributed by atoms with Crippen molar-refractivity contribution in [1.29, 1.82) is 0 Å². The van der Waals surface area contributed by atoms with Gasteiger partial charge in [-0.3, -0.25) is 4.98 Å². The summed E-state index contributed by atoms with van der Waals surface area (Å²) in [6.45, 7) is 8.62. The fourth-order valence-electron chi connectivity index (χ4n) is 2.67. The van der Waals surface area contributed by atoms with Gasteiger partial charge < -0.3 is 10.3 Å². The number of rotatable bonds is 1. The van der Waals surface area contributed by atoms with E-state index >= 15 is 0 Å². The van der Waals surface area contributed by atoms with E-state index in [4.69, 9.17) is 10.7 Å². The lowest BCUT2D eigenvalue weighted by Crippen LogP contribution is -2.22. The summed E-state index contributed by atoms with van der Waals surface area (Å²) in [5, 5.41) is 0. The Bertz CT molecular complexity index is 809. The standard InChI is InChI=1S/C17H20N4/c1-11-5-6-12(18)9-13(11)16-20-14-10-19-8-7-15(14)21(16)17(2,3)4/h5-10H,18H2,1-4H3. The Morgan fingerprint density at radius 2 is 1.90 bits per heavy atom. The number of imidazole rings is 1. The van der Waals surface area contributed by atoms with Gasteiger partial charge in [-0.1, -0.05) is 6.07 Å². The van der Waals surface area contributed by atoms with E-state index in [1.54, 1.807) is 0 Å². The number of nitrogen functional groups attached to an aromatic ring is 1. The average molecular weight is 280 g/mol. The number of nitrogens with two attached hydrogens (primary N) is 1. The van der Waals surface area contributed by atoms with Crippen molar-refractivity contribution in [3.8, 4) is 11.4 Å². The fourth-order valence-corrected chi connectivity index (χ4v) is 2.67. The maximum atomic E-state index is 5.97. The summed E-state index contributed by atoms with van der Waals surface area (Å²) in [5.74, 6) is 0.940. The van der Waals surface area contributed by atoms with Crippen molar-refractivity contribution in [2.45, 2.75) is 33.2 Å². The Labute approximate surface area is 124 Å². The van der Waals surface area contributed by atoms with Gasteiger partial charge >= 0.3 is 0 Å². The first-order valence-corrected chi connectivity index (χ1v) is 7.07. The van der Waals surface area contributed by atoms with Crippen molar-refractivity contribution in [1.82, 2.24) is 14.5 Å². The number of aromatic nitrogens is 3. The minimum Gasteiger partial charge on any atom is -0.399 e. The molecule has 0 saturated heterocycles. The van der Waals surface area contributed by atoms with Crippen molar-refractivity contribution in [2.24, 2.45) is 0 Å². The van der Waals surface area contributed by atoms with Crippen LogP contribution in [0.4, 0.5) is 5.69 Å². The molecule has 108 valence electrons. The number of fused-ring (bicyclic) bond motifs is 1. The summed E-state index contributed by atoms with van der Waals surface area (Å²) in [6.07, 6.45) is 3.62. The molecule has 0 aliphatic carbocycles. The Morgan fingerprint density at radius 1 is 1.14 bits per heavy atom. The molecule has 0 atom stereocenters. The van der Waals surface area contributed by atoms with E-state index in [1.807, 2.05) is 36.7 Å². The second-order valence-corrected chi connectivity index (χ2v) is 6.38. The van der Waals surface area contributed by atoms with Crippen LogP contribution in [0, 0.1) is 6.92 Å². The zero-order valence-corrected chi connectivity index (χ0v) is 12.9. The minimum absolute atomic E-state index is 0.0809. The van der Waals surface area contributed by atoms with Gasteiger partial charge in [-0.2, -0.15) is 0 Å². The van der Waals surface area contributed by atoms with Crippen molar-refractivity contribution in [3.05, 3.63) is 42.2 Å². The zero-order valence-electron chi connectivity index (χ0n) is 12.9. The second kappa shape index (κ2) is 4.58. The van der Waals surface area contributed by atoms with Gasteiger partial charge in [0.15, 0.2) is 0 Å². The molecule has 3 aromatic rings. The highest BCUT2D eigenvalue weighted by Gasteiger charge is 2.23. The number of hydrogen-bond acceptors (Lipinski definition) is 3. The van der Waals surface area contributed by atoms with Crippen molar-refractivity contribution >= 4 is 16.7 Å². The van der Waals surface area contributed by atoms with Crippen LogP contribution in [0.25, 0.3) is 22.4 Å². The van der Waals surface area contributed by atoms with E-state index in [0.29, 0.717) is 0 Å². The summed E-state index contributed by atoms with van der Waals surface area (Å²) in [6, 6.07) is 7.96. The van der Waals surface area contributed by atoms with Crippen LogP contribution in [0.3, 0.4) is 0 Å². The third kappa shape index (κ3) is 2.27. The van der Waals surface area contributed by atoms with Gasteiger partial charge in [0.2, 0.25) is 0 Å². The van der Waals surface area contributed by atoms with Gasteiger partial charge in [0.25, 0.3) is 0 Å². The molecular weight excluding hydrogens is 260 g/mol. The highest BCUT2D eigenvalue weighted by Crippen LogP contribution is 2.33. The molecule has 21 heavy (non-hydrogen) atoms. The minimum atomic E-state index is -0.0809. The highest BCUT2D eigenvalue weighted by molar-refractivity contribution is 5.81. The Kier molecular flexibility index (Phi) is 2.97. The molecule has 0 unspecified atom stereocenters. The molecule has 0 amide bonds. The molecule has 0 radical (unpaired) electrons. The van der Waals surface area contributed by atoms with Crippen molar-refractivity contribution in [2.75, 3.05) is 5.73 Å². The summed E-state index contributed by atoms with van der Waals surface area (Å²) in [4.78, 5) is 8.98. The zero-order chi connectivity index (χ0) is 15.2. The van der Waals surface area contributed by atoms with E-state index in [9.17, 15) is 0 Å². The number of nitrogens with zero attached hydrogens (tertiary/aromatic N) is 3. The molecule has 0 saturated carbocycles. The van der Waals surface area contributed by atoms with Gasteiger partial charge in [-0.15, -0.1) is 0 Å². The van der Waals surface area contributed by atoms with Gasteiger partial charge in [-0.25, -0.2) is 4.98 Å². The van der Waals surface area contributed by atoms with E-state index in [1.165, 1.54) is 0 Å². The predicted molar refractivity (Wildman–Crippen MR) is 87.1 cm³/mol. The van der Waals surface area contributed by atoms with Crippen LogP contribution in [0.5, 0.6) is 0 Å². The Hall–Kier alpha value is -2.36. The lowest BCUT2D eigenvalue weighted by Gasteiger charge is -2.25.